The lowest BCUT2D eigenvalue weighted by molar-refractivity contribution is 0.876. The molecule has 4 nitrogen and oxygen atoms in total. The third kappa shape index (κ3) is 3.18. The highest BCUT2D eigenvalue weighted by Gasteiger charge is 2.14. The van der Waals surface area contributed by atoms with Gasteiger partial charge in [-0.1, -0.05) is 47.5 Å². The molecular weight excluding hydrogens is 377 g/mol. The van der Waals surface area contributed by atoms with Crippen molar-refractivity contribution in [3.8, 4) is 11.3 Å². The van der Waals surface area contributed by atoms with Crippen molar-refractivity contribution in [2.75, 3.05) is 0 Å². The monoisotopic (exact) mass is 387 g/mol. The first-order valence-electron chi connectivity index (χ1n) is 7.48. The first-order chi connectivity index (χ1) is 12.1. The molecule has 0 saturated carbocycles. The smallest absolute Gasteiger partial charge is 0.267 e. The van der Waals surface area contributed by atoms with Crippen LogP contribution in [0.15, 0.2) is 58.7 Å². The predicted molar refractivity (Wildman–Crippen MR) is 102 cm³/mol. The van der Waals surface area contributed by atoms with Gasteiger partial charge in [-0.15, -0.1) is 21.5 Å². The van der Waals surface area contributed by atoms with E-state index in [-0.39, 0.29) is 5.56 Å². The lowest BCUT2D eigenvalue weighted by Crippen LogP contribution is -2.21. The van der Waals surface area contributed by atoms with Crippen LogP contribution in [0.2, 0.25) is 10.0 Å². The summed E-state index contributed by atoms with van der Waals surface area (Å²) in [5.41, 5.74) is 2.88. The van der Waals surface area contributed by atoms with Crippen molar-refractivity contribution in [2.45, 2.75) is 6.42 Å². The summed E-state index contributed by atoms with van der Waals surface area (Å²) in [5, 5.41) is 11.5. The second-order valence-electron chi connectivity index (χ2n) is 5.50. The molecule has 0 aliphatic carbocycles. The highest BCUT2D eigenvalue weighted by Crippen LogP contribution is 2.25. The minimum Gasteiger partial charge on any atom is -0.267 e. The van der Waals surface area contributed by atoms with Crippen LogP contribution in [0.4, 0.5) is 0 Å². The molecule has 4 aromatic rings. The van der Waals surface area contributed by atoms with Gasteiger partial charge in [-0.2, -0.15) is 0 Å². The molecule has 2 aromatic carbocycles. The average Bonchev–Trinajstić information content (AvgIpc) is 3.05. The maximum absolute atomic E-state index is 12.9. The number of aromatic nitrogens is 3. The third-order valence-corrected chi connectivity index (χ3v) is 5.16. The molecule has 7 heteroatoms. The number of rotatable bonds is 3. The topological polar surface area (TPSA) is 47.3 Å². The molecule has 0 radical (unpaired) electrons. The van der Waals surface area contributed by atoms with Crippen molar-refractivity contribution < 1.29 is 0 Å². The van der Waals surface area contributed by atoms with E-state index in [0.29, 0.717) is 27.1 Å². The van der Waals surface area contributed by atoms with Gasteiger partial charge in [0.2, 0.25) is 4.96 Å². The van der Waals surface area contributed by atoms with E-state index in [9.17, 15) is 4.79 Å². The van der Waals surface area contributed by atoms with Crippen molar-refractivity contribution in [3.05, 3.63) is 85.6 Å². The number of benzene rings is 2. The molecule has 0 saturated heterocycles. The van der Waals surface area contributed by atoms with Crippen LogP contribution in [0.1, 0.15) is 11.3 Å². The largest absolute Gasteiger partial charge is 0.281 e. The Kier molecular flexibility index (Phi) is 4.29. The van der Waals surface area contributed by atoms with Crippen LogP contribution in [-0.4, -0.2) is 14.6 Å². The lowest BCUT2D eigenvalue weighted by atomic mass is 10.1. The first kappa shape index (κ1) is 16.3. The van der Waals surface area contributed by atoms with Gasteiger partial charge in [0.05, 0.1) is 5.69 Å². The van der Waals surface area contributed by atoms with E-state index in [1.807, 2.05) is 29.6 Å². The van der Waals surface area contributed by atoms with Crippen molar-refractivity contribution in [2.24, 2.45) is 0 Å². The van der Waals surface area contributed by atoms with Crippen molar-refractivity contribution in [3.63, 3.8) is 0 Å². The zero-order valence-electron chi connectivity index (χ0n) is 12.8. The fourth-order valence-electron chi connectivity index (χ4n) is 2.58. The van der Waals surface area contributed by atoms with Crippen LogP contribution in [0.25, 0.3) is 16.2 Å². The number of hydrogen-bond donors (Lipinski definition) is 0. The molecule has 0 unspecified atom stereocenters. The summed E-state index contributed by atoms with van der Waals surface area (Å²) >= 11 is 13.2. The molecule has 0 spiro atoms. The Morgan fingerprint density at radius 3 is 2.24 bits per heavy atom. The van der Waals surface area contributed by atoms with Crippen LogP contribution in [0.5, 0.6) is 0 Å². The third-order valence-electron chi connectivity index (χ3n) is 3.84. The van der Waals surface area contributed by atoms with Crippen LogP contribution in [0, 0.1) is 0 Å². The van der Waals surface area contributed by atoms with Gasteiger partial charge >= 0.3 is 0 Å². The Hall–Kier alpha value is -2.21. The van der Waals surface area contributed by atoms with Crippen LogP contribution in [0.3, 0.4) is 0 Å². The number of fused-ring (bicyclic) bond motifs is 1. The van der Waals surface area contributed by atoms with Gasteiger partial charge in [0.15, 0.2) is 0 Å². The van der Waals surface area contributed by atoms with Crippen LogP contribution >= 0.6 is 34.5 Å². The minimum absolute atomic E-state index is 0.161. The van der Waals surface area contributed by atoms with E-state index < -0.39 is 0 Å². The Labute approximate surface area is 157 Å². The zero-order chi connectivity index (χ0) is 17.4. The summed E-state index contributed by atoms with van der Waals surface area (Å²) in [6.07, 6.45) is 0.405. The first-order valence-corrected chi connectivity index (χ1v) is 9.11. The predicted octanol–water partition coefficient (Wildman–Crippen LogP) is 4.72. The maximum Gasteiger partial charge on any atom is 0.281 e. The van der Waals surface area contributed by atoms with Gasteiger partial charge in [0.25, 0.3) is 5.56 Å². The van der Waals surface area contributed by atoms with E-state index in [2.05, 4.69) is 10.2 Å². The summed E-state index contributed by atoms with van der Waals surface area (Å²) in [6, 6.07) is 14.7. The summed E-state index contributed by atoms with van der Waals surface area (Å²) in [5.74, 6) is 0. The maximum atomic E-state index is 12.9. The summed E-state index contributed by atoms with van der Waals surface area (Å²) in [7, 11) is 0. The van der Waals surface area contributed by atoms with E-state index in [1.165, 1.54) is 11.3 Å². The van der Waals surface area contributed by atoms with Crippen LogP contribution in [-0.2, 0) is 6.42 Å². The standard InChI is InChI=1S/C18H11Cl2N3OS/c19-13-5-1-11(2-6-13)9-15-17(24)23-16(10-25-18(23)22-21-15)12-3-7-14(20)8-4-12/h1-8,10H,9H2. The van der Waals surface area contributed by atoms with E-state index in [4.69, 9.17) is 23.2 Å². The number of nitrogens with zero attached hydrogens (tertiary/aromatic N) is 3. The molecule has 124 valence electrons. The molecule has 0 amide bonds. The van der Waals surface area contributed by atoms with Crippen molar-refractivity contribution in [1.82, 2.24) is 14.6 Å². The minimum atomic E-state index is -0.161. The highest BCUT2D eigenvalue weighted by atomic mass is 35.5. The SMILES string of the molecule is O=c1c(Cc2ccc(Cl)cc2)nnc2scc(-c3ccc(Cl)cc3)n12. The molecule has 0 atom stereocenters. The lowest BCUT2D eigenvalue weighted by Gasteiger charge is -2.04. The van der Waals surface area contributed by atoms with E-state index >= 15 is 0 Å². The normalized spacial score (nSPS) is 11.1. The van der Waals surface area contributed by atoms with Gasteiger partial charge in [-0.3, -0.25) is 4.79 Å². The Morgan fingerprint density at radius 2 is 1.56 bits per heavy atom. The molecular formula is C18H11Cl2N3OS. The molecule has 2 heterocycles. The molecule has 0 aliphatic rings. The van der Waals surface area contributed by atoms with Crippen molar-refractivity contribution >= 4 is 39.5 Å². The number of halogens is 2. The van der Waals surface area contributed by atoms with Gasteiger partial charge in [0, 0.05) is 21.8 Å². The highest BCUT2D eigenvalue weighted by molar-refractivity contribution is 7.15. The quantitative estimate of drug-likeness (QED) is 0.511. The van der Waals surface area contributed by atoms with Gasteiger partial charge in [0.1, 0.15) is 5.69 Å². The molecule has 25 heavy (non-hydrogen) atoms. The summed E-state index contributed by atoms with van der Waals surface area (Å²) in [4.78, 5) is 13.5. The molecule has 0 N–H and O–H groups in total. The van der Waals surface area contributed by atoms with Gasteiger partial charge in [-0.25, -0.2) is 4.40 Å². The van der Waals surface area contributed by atoms with Gasteiger partial charge in [-0.05, 0) is 35.4 Å². The summed E-state index contributed by atoms with van der Waals surface area (Å²) in [6.45, 7) is 0. The van der Waals surface area contributed by atoms with E-state index in [1.54, 1.807) is 28.7 Å². The second-order valence-corrected chi connectivity index (χ2v) is 7.21. The Morgan fingerprint density at radius 1 is 0.920 bits per heavy atom. The second kappa shape index (κ2) is 6.59. The molecule has 0 fully saturated rings. The molecule has 0 bridgehead atoms. The molecule has 2 aromatic heterocycles. The zero-order valence-corrected chi connectivity index (χ0v) is 15.1. The Balaban J connectivity index is 1.81. The van der Waals surface area contributed by atoms with Crippen molar-refractivity contribution in [1.29, 1.82) is 0 Å². The average molecular weight is 388 g/mol. The molecule has 4 rings (SSSR count). The summed E-state index contributed by atoms with van der Waals surface area (Å²) < 4.78 is 1.60. The number of thiazole rings is 1. The van der Waals surface area contributed by atoms with Gasteiger partial charge < -0.3 is 0 Å². The fraction of sp³-hybridized carbons (Fsp3) is 0.0556. The number of hydrogen-bond acceptors (Lipinski definition) is 4. The van der Waals surface area contributed by atoms with Crippen LogP contribution < -0.4 is 5.56 Å². The Bertz CT molecular complexity index is 1100. The fourth-order valence-corrected chi connectivity index (χ4v) is 3.67. The molecule has 0 aliphatic heterocycles. The van der Waals surface area contributed by atoms with E-state index in [0.717, 1.165) is 16.8 Å².